The summed E-state index contributed by atoms with van der Waals surface area (Å²) in [5, 5.41) is 5.90. The molecule has 0 unspecified atom stereocenters. The van der Waals surface area contributed by atoms with Gasteiger partial charge in [0, 0.05) is 33.6 Å². The Kier molecular flexibility index (Phi) is 7.03. The molecule has 0 aliphatic heterocycles. The second-order valence-electron chi connectivity index (χ2n) is 6.37. The normalized spacial score (nSPS) is 10.3. The summed E-state index contributed by atoms with van der Waals surface area (Å²) in [5.74, 6) is -0.202. The number of carbonyl (C=O) groups is 2. The zero-order valence-corrected chi connectivity index (χ0v) is 17.6. The van der Waals surface area contributed by atoms with Crippen LogP contribution >= 0.6 is 15.9 Å². The smallest absolute Gasteiger partial charge is 0.258 e. The first-order valence-electron chi connectivity index (χ1n) is 9.33. The first-order chi connectivity index (χ1) is 14.1. The fourth-order valence-electron chi connectivity index (χ4n) is 2.86. The van der Waals surface area contributed by atoms with E-state index in [1.807, 2.05) is 61.5 Å². The lowest BCUT2D eigenvalue weighted by molar-refractivity contribution is -0.114. The summed E-state index contributed by atoms with van der Waals surface area (Å²) in [6.45, 7) is 2.67. The van der Waals surface area contributed by atoms with E-state index in [0.29, 0.717) is 12.1 Å². The topological polar surface area (TPSA) is 61.4 Å². The molecule has 0 saturated carbocycles. The Labute approximate surface area is 178 Å². The number of hydrogen-bond acceptors (Lipinski definition) is 3. The zero-order chi connectivity index (χ0) is 20.6. The molecule has 29 heavy (non-hydrogen) atoms. The van der Waals surface area contributed by atoms with Gasteiger partial charge < -0.3 is 15.5 Å². The Morgan fingerprint density at radius 2 is 1.48 bits per heavy atom. The molecule has 0 aliphatic rings. The molecule has 0 bridgehead atoms. The van der Waals surface area contributed by atoms with E-state index in [2.05, 4.69) is 26.6 Å². The number of anilines is 3. The number of halogens is 1. The van der Waals surface area contributed by atoms with Gasteiger partial charge in [0.05, 0.1) is 6.54 Å². The quantitative estimate of drug-likeness (QED) is 0.520. The van der Waals surface area contributed by atoms with Gasteiger partial charge in [-0.2, -0.15) is 0 Å². The second-order valence-corrected chi connectivity index (χ2v) is 7.29. The first kappa shape index (κ1) is 20.6. The van der Waals surface area contributed by atoms with Crippen LogP contribution < -0.4 is 15.5 Å². The molecule has 3 aromatic rings. The Balaban J connectivity index is 1.57. The van der Waals surface area contributed by atoms with Crippen molar-refractivity contribution in [2.45, 2.75) is 6.92 Å². The van der Waals surface area contributed by atoms with Gasteiger partial charge in [-0.15, -0.1) is 0 Å². The number of hydrogen-bond donors (Lipinski definition) is 2. The van der Waals surface area contributed by atoms with E-state index in [9.17, 15) is 9.59 Å². The van der Waals surface area contributed by atoms with Crippen LogP contribution in [0.15, 0.2) is 83.3 Å². The van der Waals surface area contributed by atoms with Gasteiger partial charge in [-0.3, -0.25) is 9.59 Å². The summed E-state index contributed by atoms with van der Waals surface area (Å²) >= 11 is 3.36. The van der Waals surface area contributed by atoms with Crippen LogP contribution in [0.4, 0.5) is 17.1 Å². The van der Waals surface area contributed by atoms with E-state index in [1.165, 1.54) is 0 Å². The van der Waals surface area contributed by atoms with Gasteiger partial charge in [0.15, 0.2) is 0 Å². The van der Waals surface area contributed by atoms with Gasteiger partial charge >= 0.3 is 0 Å². The predicted octanol–water partition coefficient (Wildman–Crippen LogP) is 5.17. The van der Waals surface area contributed by atoms with Crippen LogP contribution in [0.3, 0.4) is 0 Å². The van der Waals surface area contributed by atoms with Gasteiger partial charge in [0.2, 0.25) is 5.91 Å². The summed E-state index contributed by atoms with van der Waals surface area (Å²) in [6.07, 6.45) is 0. The molecular formula is C23H22BrN3O2. The Morgan fingerprint density at radius 1 is 0.862 bits per heavy atom. The predicted molar refractivity (Wildman–Crippen MR) is 121 cm³/mol. The summed E-state index contributed by atoms with van der Waals surface area (Å²) in [6, 6.07) is 24.1. The lowest BCUT2D eigenvalue weighted by atomic mass is 10.1. The molecule has 0 fully saturated rings. The Morgan fingerprint density at radius 3 is 2.10 bits per heavy atom. The van der Waals surface area contributed by atoms with E-state index in [-0.39, 0.29) is 18.4 Å². The maximum absolute atomic E-state index is 12.8. The average molecular weight is 452 g/mol. The fourth-order valence-corrected chi connectivity index (χ4v) is 3.12. The molecule has 0 atom stereocenters. The summed E-state index contributed by atoms with van der Waals surface area (Å²) in [5.41, 5.74) is 2.98. The van der Waals surface area contributed by atoms with Crippen molar-refractivity contribution in [2.24, 2.45) is 0 Å². The molecule has 0 aliphatic carbocycles. The van der Waals surface area contributed by atoms with Gasteiger partial charge in [-0.1, -0.05) is 34.1 Å². The highest BCUT2D eigenvalue weighted by atomic mass is 79.9. The maximum Gasteiger partial charge on any atom is 0.258 e. The van der Waals surface area contributed by atoms with Crippen LogP contribution in [0, 0.1) is 0 Å². The van der Waals surface area contributed by atoms with Crippen molar-refractivity contribution >= 4 is 44.8 Å². The molecule has 6 heteroatoms. The molecule has 2 amide bonds. The van der Waals surface area contributed by atoms with Crippen molar-refractivity contribution < 1.29 is 9.59 Å². The molecule has 2 N–H and O–H groups in total. The van der Waals surface area contributed by atoms with Crippen LogP contribution in [0.5, 0.6) is 0 Å². The maximum atomic E-state index is 12.8. The summed E-state index contributed by atoms with van der Waals surface area (Å²) in [4.78, 5) is 26.6. The monoisotopic (exact) mass is 451 g/mol. The third-order valence-electron chi connectivity index (χ3n) is 4.34. The van der Waals surface area contributed by atoms with Crippen molar-refractivity contribution in [3.05, 3.63) is 88.9 Å². The summed E-state index contributed by atoms with van der Waals surface area (Å²) in [7, 11) is 0. The molecule has 148 valence electrons. The van der Waals surface area contributed by atoms with Crippen molar-refractivity contribution in [3.63, 3.8) is 0 Å². The SMILES string of the molecule is CCN(C(=O)c1ccc(NCC(=O)Nc2ccc(Br)cc2)cc1)c1ccccc1. The highest BCUT2D eigenvalue weighted by molar-refractivity contribution is 9.10. The third kappa shape index (κ3) is 5.68. The van der Waals surface area contributed by atoms with Crippen LogP contribution in [-0.4, -0.2) is 24.9 Å². The molecule has 5 nitrogen and oxygen atoms in total. The van der Waals surface area contributed by atoms with E-state index in [4.69, 9.17) is 0 Å². The zero-order valence-electron chi connectivity index (χ0n) is 16.1. The minimum absolute atomic E-state index is 0.0572. The van der Waals surface area contributed by atoms with E-state index in [1.54, 1.807) is 29.2 Å². The molecule has 3 aromatic carbocycles. The van der Waals surface area contributed by atoms with Crippen LogP contribution in [0.2, 0.25) is 0 Å². The van der Waals surface area contributed by atoms with Crippen LogP contribution in [0.25, 0.3) is 0 Å². The Hall–Kier alpha value is -3.12. The van der Waals surface area contributed by atoms with E-state index in [0.717, 1.165) is 21.5 Å². The highest BCUT2D eigenvalue weighted by Crippen LogP contribution is 2.18. The molecule has 0 saturated heterocycles. The summed E-state index contributed by atoms with van der Waals surface area (Å²) < 4.78 is 0.956. The fraction of sp³-hybridized carbons (Fsp3) is 0.130. The molecule has 0 radical (unpaired) electrons. The number of rotatable bonds is 7. The minimum Gasteiger partial charge on any atom is -0.376 e. The van der Waals surface area contributed by atoms with Gasteiger partial charge in [-0.25, -0.2) is 0 Å². The van der Waals surface area contributed by atoms with Crippen molar-refractivity contribution in [3.8, 4) is 0 Å². The van der Waals surface area contributed by atoms with E-state index >= 15 is 0 Å². The Bertz CT molecular complexity index is 958. The van der Waals surface area contributed by atoms with Gasteiger partial charge in [0.1, 0.15) is 0 Å². The second kappa shape index (κ2) is 9.89. The van der Waals surface area contributed by atoms with Crippen LogP contribution in [0.1, 0.15) is 17.3 Å². The van der Waals surface area contributed by atoms with Crippen molar-refractivity contribution in [1.29, 1.82) is 0 Å². The molecular weight excluding hydrogens is 430 g/mol. The molecule has 3 rings (SSSR count). The number of nitrogens with zero attached hydrogens (tertiary/aromatic N) is 1. The number of amides is 2. The number of nitrogens with one attached hydrogen (secondary N) is 2. The van der Waals surface area contributed by atoms with Crippen molar-refractivity contribution in [2.75, 3.05) is 28.6 Å². The van der Waals surface area contributed by atoms with Gasteiger partial charge in [0.25, 0.3) is 5.91 Å². The van der Waals surface area contributed by atoms with Crippen molar-refractivity contribution in [1.82, 2.24) is 0 Å². The lowest BCUT2D eigenvalue weighted by Gasteiger charge is -2.21. The van der Waals surface area contributed by atoms with E-state index < -0.39 is 0 Å². The lowest BCUT2D eigenvalue weighted by Crippen LogP contribution is -2.30. The number of carbonyl (C=O) groups excluding carboxylic acids is 2. The first-order valence-corrected chi connectivity index (χ1v) is 10.1. The van der Waals surface area contributed by atoms with Gasteiger partial charge in [-0.05, 0) is 67.6 Å². The molecule has 0 spiro atoms. The number of benzene rings is 3. The molecule has 0 aromatic heterocycles. The average Bonchev–Trinajstić information content (AvgIpc) is 2.75. The number of para-hydroxylation sites is 1. The largest absolute Gasteiger partial charge is 0.376 e. The molecule has 0 heterocycles. The third-order valence-corrected chi connectivity index (χ3v) is 4.87. The van der Waals surface area contributed by atoms with Crippen LogP contribution in [-0.2, 0) is 4.79 Å². The minimum atomic E-state index is -0.145. The standard InChI is InChI=1S/C23H22BrN3O2/c1-2-27(21-6-4-3-5-7-21)23(29)17-8-12-19(13-9-17)25-16-22(28)26-20-14-10-18(24)11-15-20/h3-15,25H,2,16H2,1H3,(H,26,28). The highest BCUT2D eigenvalue weighted by Gasteiger charge is 2.15.